The zero-order valence-corrected chi connectivity index (χ0v) is 30.6. The van der Waals surface area contributed by atoms with Crippen LogP contribution in [-0.2, 0) is 21.2 Å². The molecule has 1 heterocycles. The molecule has 5 aromatic carbocycles. The predicted octanol–water partition coefficient (Wildman–Crippen LogP) is 9.14. The van der Waals surface area contributed by atoms with Crippen molar-refractivity contribution in [1.29, 1.82) is 0 Å². The lowest BCUT2D eigenvalue weighted by atomic mass is 9.98. The van der Waals surface area contributed by atoms with Crippen LogP contribution in [0.2, 0.25) is 5.02 Å². The summed E-state index contributed by atoms with van der Waals surface area (Å²) < 4.78 is 41.8. The van der Waals surface area contributed by atoms with Gasteiger partial charge in [0.15, 0.2) is 0 Å². The fraction of sp³-hybridized carbons (Fsp3) is 0.190. The highest BCUT2D eigenvalue weighted by Gasteiger charge is 2.25. The Balaban J connectivity index is 1.25. The van der Waals surface area contributed by atoms with Crippen molar-refractivity contribution in [1.82, 2.24) is 9.29 Å². The number of carbonyl (C=O) groups is 2. The summed E-state index contributed by atoms with van der Waals surface area (Å²) in [6.45, 7) is 0. The highest BCUT2D eigenvalue weighted by molar-refractivity contribution is 7.90. The van der Waals surface area contributed by atoms with Gasteiger partial charge in [-0.1, -0.05) is 90.5 Å². The predicted molar refractivity (Wildman–Crippen MR) is 206 cm³/mol. The largest absolute Gasteiger partial charge is 0.496 e. The number of sulfonamides is 1. The van der Waals surface area contributed by atoms with E-state index < -0.39 is 22.0 Å². The number of aromatic nitrogens is 1. The Morgan fingerprint density at radius 1 is 0.830 bits per heavy atom. The van der Waals surface area contributed by atoms with Gasteiger partial charge in [0.25, 0.3) is 15.9 Å². The number of anilines is 1. The maximum atomic E-state index is 13.2. The van der Waals surface area contributed by atoms with Crippen molar-refractivity contribution in [3.05, 3.63) is 160 Å². The van der Waals surface area contributed by atoms with Crippen molar-refractivity contribution in [3.8, 4) is 5.75 Å². The van der Waals surface area contributed by atoms with Crippen LogP contribution in [0.1, 0.15) is 64.3 Å². The molecule has 0 bridgehead atoms. The second-order valence-electron chi connectivity index (χ2n) is 13.0. The van der Waals surface area contributed by atoms with Gasteiger partial charge in [-0.2, -0.15) is 0 Å². The number of methoxy groups -OCH3 is 1. The maximum absolute atomic E-state index is 13.2. The van der Waals surface area contributed by atoms with E-state index in [0.717, 1.165) is 58.8 Å². The van der Waals surface area contributed by atoms with Gasteiger partial charge in [0.2, 0.25) is 0 Å². The van der Waals surface area contributed by atoms with Crippen molar-refractivity contribution < 1.29 is 27.5 Å². The summed E-state index contributed by atoms with van der Waals surface area (Å²) >= 11 is 6.11. The van der Waals surface area contributed by atoms with E-state index in [2.05, 4.69) is 45.1 Å². The number of amides is 2. The van der Waals surface area contributed by atoms with Gasteiger partial charge in [-0.15, -0.1) is 0 Å². The molecule has 1 aliphatic carbocycles. The van der Waals surface area contributed by atoms with Crippen molar-refractivity contribution in [2.75, 3.05) is 12.4 Å². The number of ether oxygens (including phenoxy) is 2. The molecule has 0 aliphatic heterocycles. The Kier molecular flexibility index (Phi) is 10.5. The molecule has 1 fully saturated rings. The minimum Gasteiger partial charge on any atom is -0.496 e. The number of nitrogens with one attached hydrogen (secondary N) is 2. The Morgan fingerprint density at radius 3 is 2.15 bits per heavy atom. The van der Waals surface area contributed by atoms with E-state index in [1.807, 2.05) is 54.6 Å². The van der Waals surface area contributed by atoms with E-state index in [0.29, 0.717) is 17.9 Å². The molecule has 1 aliphatic rings. The number of hydrogen-bond acceptors (Lipinski definition) is 6. The second-order valence-corrected chi connectivity index (χ2v) is 15.1. The molecule has 6 aromatic rings. The number of nitrogens with zero attached hydrogens (tertiary/aromatic N) is 1. The molecular weight excluding hydrogens is 710 g/mol. The molecule has 9 nitrogen and oxygen atoms in total. The first-order valence-electron chi connectivity index (χ1n) is 17.4. The van der Waals surface area contributed by atoms with Gasteiger partial charge in [-0.05, 0) is 90.4 Å². The number of hydrogen-bond donors (Lipinski definition) is 2. The molecule has 1 saturated carbocycles. The van der Waals surface area contributed by atoms with Crippen LogP contribution in [0.3, 0.4) is 0 Å². The summed E-state index contributed by atoms with van der Waals surface area (Å²) in [5, 5.41) is 3.85. The number of benzene rings is 5. The van der Waals surface area contributed by atoms with E-state index in [4.69, 9.17) is 21.1 Å². The summed E-state index contributed by atoms with van der Waals surface area (Å²) in [6, 6.07) is 37.0. The lowest BCUT2D eigenvalue weighted by molar-refractivity contribution is 0.0980. The van der Waals surface area contributed by atoms with E-state index in [1.54, 1.807) is 18.2 Å². The summed E-state index contributed by atoms with van der Waals surface area (Å²) in [5.41, 5.74) is 5.58. The molecule has 2 amide bonds. The third kappa shape index (κ3) is 7.94. The van der Waals surface area contributed by atoms with Crippen molar-refractivity contribution in [3.63, 3.8) is 0 Å². The van der Waals surface area contributed by atoms with E-state index >= 15 is 0 Å². The second kappa shape index (κ2) is 15.6. The smallest absolute Gasteiger partial charge is 0.411 e. The minimum absolute atomic E-state index is 0.00530. The SMILES string of the molecule is COc1cc(C(=O)NS(=O)(=O)c2ccccc2Cl)ccc1Cc1cn(C(c2ccccc2)c2ccccc2)c2ccc(NC(=O)OC3CCCC3)cc12. The van der Waals surface area contributed by atoms with Crippen LogP contribution in [0.5, 0.6) is 5.75 Å². The van der Waals surface area contributed by atoms with E-state index in [-0.39, 0.29) is 27.6 Å². The Morgan fingerprint density at radius 2 is 1.49 bits per heavy atom. The Hall–Kier alpha value is -5.58. The molecule has 2 N–H and O–H groups in total. The highest BCUT2D eigenvalue weighted by Crippen LogP contribution is 2.36. The van der Waals surface area contributed by atoms with Gasteiger partial charge in [0, 0.05) is 34.8 Å². The standard InChI is InChI=1S/C42H38ClN3O6S/c1-51-38-25-31(41(47)45-53(49,50)39-19-11-10-18-36(39)43)21-20-30(38)24-32-27-46(40(28-12-4-2-5-13-28)29-14-6-3-7-15-29)37-23-22-33(26-35(32)37)44-42(48)52-34-16-8-9-17-34/h2-7,10-15,18-23,25-27,34,40H,8-9,16-17,24H2,1H3,(H,44,48)(H,45,47). The Labute approximate surface area is 313 Å². The fourth-order valence-corrected chi connectivity index (χ4v) is 8.48. The average Bonchev–Trinajstić information content (AvgIpc) is 3.80. The molecular formula is C42H38ClN3O6S. The number of fused-ring (bicyclic) bond motifs is 1. The van der Waals surface area contributed by atoms with Crippen LogP contribution in [0.15, 0.2) is 132 Å². The molecule has 0 radical (unpaired) electrons. The van der Waals surface area contributed by atoms with Crippen LogP contribution in [0, 0.1) is 0 Å². The summed E-state index contributed by atoms with van der Waals surface area (Å²) in [6.07, 6.45) is 5.84. The molecule has 0 saturated heterocycles. The first kappa shape index (κ1) is 35.8. The highest BCUT2D eigenvalue weighted by atomic mass is 35.5. The van der Waals surface area contributed by atoms with E-state index in [9.17, 15) is 18.0 Å². The summed E-state index contributed by atoms with van der Waals surface area (Å²) in [7, 11) is -2.72. The quantitative estimate of drug-likeness (QED) is 0.137. The van der Waals surface area contributed by atoms with Crippen molar-refractivity contribution in [2.24, 2.45) is 0 Å². The molecule has 0 atom stereocenters. The Bertz CT molecular complexity index is 2340. The van der Waals surface area contributed by atoms with Gasteiger partial charge >= 0.3 is 6.09 Å². The minimum atomic E-state index is -4.23. The summed E-state index contributed by atoms with van der Waals surface area (Å²) in [4.78, 5) is 25.9. The topological polar surface area (TPSA) is 116 Å². The van der Waals surface area contributed by atoms with Gasteiger partial charge in [0.1, 0.15) is 16.7 Å². The van der Waals surface area contributed by atoms with Crippen molar-refractivity contribution in [2.45, 2.75) is 49.1 Å². The van der Waals surface area contributed by atoms with Crippen LogP contribution in [0.25, 0.3) is 10.9 Å². The number of rotatable bonds is 11. The molecule has 53 heavy (non-hydrogen) atoms. The monoisotopic (exact) mass is 747 g/mol. The molecule has 270 valence electrons. The molecule has 7 rings (SSSR count). The number of carbonyl (C=O) groups excluding carboxylic acids is 2. The lowest BCUT2D eigenvalue weighted by Gasteiger charge is -2.22. The van der Waals surface area contributed by atoms with Crippen molar-refractivity contribution >= 4 is 50.2 Å². The fourth-order valence-electron chi connectivity index (χ4n) is 6.98. The van der Waals surface area contributed by atoms with Crippen LogP contribution < -0.4 is 14.8 Å². The third-order valence-corrected chi connectivity index (χ3v) is 11.4. The van der Waals surface area contributed by atoms with Gasteiger partial charge < -0.3 is 14.0 Å². The first-order chi connectivity index (χ1) is 25.7. The summed E-state index contributed by atoms with van der Waals surface area (Å²) in [5.74, 6) is -0.411. The molecule has 0 spiro atoms. The lowest BCUT2D eigenvalue weighted by Crippen LogP contribution is -2.30. The third-order valence-electron chi connectivity index (χ3n) is 9.53. The van der Waals surface area contributed by atoms with Gasteiger partial charge in [-0.25, -0.2) is 17.9 Å². The molecule has 11 heteroatoms. The molecule has 0 unspecified atom stereocenters. The molecule has 1 aromatic heterocycles. The maximum Gasteiger partial charge on any atom is 0.411 e. The van der Waals surface area contributed by atoms with Gasteiger partial charge in [-0.3, -0.25) is 10.1 Å². The zero-order valence-electron chi connectivity index (χ0n) is 29.0. The average molecular weight is 748 g/mol. The van der Waals surface area contributed by atoms with Gasteiger partial charge in [0.05, 0.1) is 18.2 Å². The first-order valence-corrected chi connectivity index (χ1v) is 19.3. The van der Waals surface area contributed by atoms with E-state index in [1.165, 1.54) is 31.4 Å². The van der Waals surface area contributed by atoms with Crippen LogP contribution in [0.4, 0.5) is 10.5 Å². The number of halogens is 1. The van der Waals surface area contributed by atoms with Crippen LogP contribution >= 0.6 is 11.6 Å². The zero-order chi connectivity index (χ0) is 37.0. The normalized spacial score (nSPS) is 13.3. The van der Waals surface area contributed by atoms with Crippen LogP contribution in [-0.4, -0.2) is 38.2 Å².